The van der Waals surface area contributed by atoms with E-state index in [0.717, 1.165) is 5.69 Å². The number of aliphatic hydroxyl groups excluding tert-OH is 2. The van der Waals surface area contributed by atoms with Crippen LogP contribution in [0.4, 0.5) is 16.3 Å². The number of nitrogens with zero attached hydrogens (tertiary/aromatic N) is 5. The number of aliphatic hydroxyl groups is 2. The second-order valence-electron chi connectivity index (χ2n) is 10.1. The van der Waals surface area contributed by atoms with Crippen molar-refractivity contribution in [3.63, 3.8) is 0 Å². The van der Waals surface area contributed by atoms with Crippen LogP contribution in [0, 0.1) is 0 Å². The van der Waals surface area contributed by atoms with E-state index in [2.05, 4.69) is 46.4 Å². The van der Waals surface area contributed by atoms with Gasteiger partial charge in [-0.3, -0.25) is 4.57 Å². The van der Waals surface area contributed by atoms with Crippen LogP contribution in [-0.2, 0) is 10.2 Å². The van der Waals surface area contributed by atoms with Crippen molar-refractivity contribution in [3.05, 3.63) is 42.5 Å². The minimum atomic E-state index is -1.18. The molecule has 36 heavy (non-hydrogen) atoms. The number of likely N-dealkylation sites (N-methyl/N-ethyl adjacent to an activating group) is 1. The fourth-order valence-electron chi connectivity index (χ4n) is 4.15. The highest BCUT2D eigenvalue weighted by Crippen LogP contribution is 2.32. The molecular formula is C24H34N8O4. The zero-order valence-corrected chi connectivity index (χ0v) is 20.9. The van der Waals surface area contributed by atoms with Crippen molar-refractivity contribution in [2.24, 2.45) is 0 Å². The molecule has 0 saturated carbocycles. The highest BCUT2D eigenvalue weighted by molar-refractivity contribution is 5.89. The van der Waals surface area contributed by atoms with Crippen LogP contribution in [0.15, 0.2) is 36.9 Å². The average Bonchev–Trinajstić information content (AvgIpc) is 3.36. The molecule has 0 radical (unpaired) electrons. The molecule has 0 spiro atoms. The fraction of sp³-hybridized carbons (Fsp3) is 0.500. The molecule has 0 bridgehead atoms. The van der Waals surface area contributed by atoms with E-state index in [4.69, 9.17) is 10.5 Å². The maximum Gasteiger partial charge on any atom is 0.319 e. The molecule has 1 aliphatic heterocycles. The van der Waals surface area contributed by atoms with E-state index in [1.807, 2.05) is 36.2 Å². The molecule has 2 amide bonds. The van der Waals surface area contributed by atoms with Gasteiger partial charge in [-0.25, -0.2) is 19.7 Å². The third kappa shape index (κ3) is 5.57. The van der Waals surface area contributed by atoms with Gasteiger partial charge in [0.15, 0.2) is 17.7 Å². The number of benzene rings is 1. The highest BCUT2D eigenvalue weighted by atomic mass is 16.6. The van der Waals surface area contributed by atoms with Gasteiger partial charge in [0, 0.05) is 25.3 Å². The molecule has 1 aromatic carbocycles. The highest BCUT2D eigenvalue weighted by Gasteiger charge is 2.44. The second kappa shape index (κ2) is 10.3. The van der Waals surface area contributed by atoms with E-state index >= 15 is 0 Å². The quantitative estimate of drug-likeness (QED) is 0.321. The molecule has 194 valence electrons. The molecule has 2 aromatic heterocycles. The van der Waals surface area contributed by atoms with Crippen molar-refractivity contribution in [1.82, 2.24) is 29.7 Å². The minimum absolute atomic E-state index is 0.0486. The molecule has 3 heterocycles. The number of aromatic nitrogens is 4. The van der Waals surface area contributed by atoms with Gasteiger partial charge in [-0.1, -0.05) is 32.9 Å². The largest absolute Gasteiger partial charge is 0.387 e. The van der Waals surface area contributed by atoms with Crippen LogP contribution in [0.3, 0.4) is 0 Å². The summed E-state index contributed by atoms with van der Waals surface area (Å²) < 4.78 is 7.51. The first-order valence-electron chi connectivity index (χ1n) is 11.8. The number of amides is 2. The molecular weight excluding hydrogens is 464 g/mol. The lowest BCUT2D eigenvalue weighted by molar-refractivity contribution is -0.0420. The molecule has 1 fully saturated rings. The Balaban J connectivity index is 1.25. The Kier molecular flexibility index (Phi) is 7.41. The molecule has 0 aliphatic carbocycles. The van der Waals surface area contributed by atoms with Crippen LogP contribution in [0.5, 0.6) is 0 Å². The lowest BCUT2D eigenvalue weighted by Gasteiger charge is -2.23. The topological polar surface area (TPSA) is 164 Å². The molecule has 1 aliphatic rings. The molecule has 2 unspecified atom stereocenters. The molecule has 12 nitrogen and oxygen atoms in total. The summed E-state index contributed by atoms with van der Waals surface area (Å²) in [6.45, 7) is 7.66. The predicted octanol–water partition coefficient (Wildman–Crippen LogP) is 1.08. The number of rotatable bonds is 7. The zero-order valence-electron chi connectivity index (χ0n) is 20.9. The van der Waals surface area contributed by atoms with Gasteiger partial charge >= 0.3 is 6.03 Å². The zero-order chi connectivity index (χ0) is 26.0. The van der Waals surface area contributed by atoms with Crippen LogP contribution < -0.4 is 16.4 Å². The number of hydrogen-bond acceptors (Lipinski definition) is 9. The Bertz CT molecular complexity index is 1190. The number of anilines is 2. The van der Waals surface area contributed by atoms with Crippen LogP contribution in [-0.4, -0.2) is 85.7 Å². The normalized spacial score (nSPS) is 22.3. The van der Waals surface area contributed by atoms with Gasteiger partial charge in [-0.05, 0) is 30.2 Å². The summed E-state index contributed by atoms with van der Waals surface area (Å²) >= 11 is 0. The van der Waals surface area contributed by atoms with Crippen LogP contribution >= 0.6 is 0 Å². The first kappa shape index (κ1) is 25.8. The van der Waals surface area contributed by atoms with Gasteiger partial charge < -0.3 is 36.2 Å². The average molecular weight is 499 g/mol. The Hall–Kier alpha value is -3.32. The summed E-state index contributed by atoms with van der Waals surface area (Å²) in [5.41, 5.74) is 8.61. The standard InChI is InChI=1S/C24H34N8O4/c1-24(2,3)14-5-7-15(8-6-14)30-23(35)26-9-10-31(4)11-16-18(33)19(34)22(36-16)32-13-29-17-20(25)27-12-28-21(17)32/h5-8,12-13,16,18-19,22,33-34H,9-11H2,1-4H3,(H2,25,27,28)(H2,26,30,35)/t16?,18-,19-,22?/m1/s1. The Morgan fingerprint density at radius 3 is 2.58 bits per heavy atom. The first-order chi connectivity index (χ1) is 17.0. The lowest BCUT2D eigenvalue weighted by Crippen LogP contribution is -2.41. The van der Waals surface area contributed by atoms with Crippen molar-refractivity contribution < 1.29 is 19.7 Å². The number of hydrogen-bond donors (Lipinski definition) is 5. The second-order valence-corrected chi connectivity index (χ2v) is 10.1. The number of imidazole rings is 1. The predicted molar refractivity (Wildman–Crippen MR) is 135 cm³/mol. The number of nitrogens with two attached hydrogens (primary N) is 1. The third-order valence-corrected chi connectivity index (χ3v) is 6.28. The Morgan fingerprint density at radius 1 is 1.17 bits per heavy atom. The van der Waals surface area contributed by atoms with Crippen LogP contribution in [0.25, 0.3) is 11.2 Å². The number of nitrogens with one attached hydrogen (secondary N) is 2. The minimum Gasteiger partial charge on any atom is -0.387 e. The van der Waals surface area contributed by atoms with Crippen molar-refractivity contribution in [3.8, 4) is 0 Å². The summed E-state index contributed by atoms with van der Waals surface area (Å²) in [4.78, 5) is 26.4. The third-order valence-electron chi connectivity index (χ3n) is 6.28. The molecule has 4 atom stereocenters. The summed E-state index contributed by atoms with van der Waals surface area (Å²) in [5, 5.41) is 26.8. The molecule has 3 aromatic rings. The number of urea groups is 1. The molecule has 12 heteroatoms. The van der Waals surface area contributed by atoms with Crippen LogP contribution in [0.2, 0.25) is 0 Å². The first-order valence-corrected chi connectivity index (χ1v) is 11.8. The van der Waals surface area contributed by atoms with E-state index in [1.54, 1.807) is 4.57 Å². The number of fused-ring (bicyclic) bond motifs is 1. The van der Waals surface area contributed by atoms with Gasteiger partial charge in [0.25, 0.3) is 0 Å². The smallest absolute Gasteiger partial charge is 0.319 e. The lowest BCUT2D eigenvalue weighted by atomic mass is 9.87. The molecule has 6 N–H and O–H groups in total. The fourth-order valence-corrected chi connectivity index (χ4v) is 4.15. The van der Waals surface area contributed by atoms with Crippen molar-refractivity contribution in [2.75, 3.05) is 37.7 Å². The summed E-state index contributed by atoms with van der Waals surface area (Å²) in [7, 11) is 1.85. The maximum absolute atomic E-state index is 12.3. The van der Waals surface area contributed by atoms with Gasteiger partial charge in [0.05, 0.1) is 6.33 Å². The van der Waals surface area contributed by atoms with E-state index < -0.39 is 24.5 Å². The van der Waals surface area contributed by atoms with Gasteiger partial charge in [-0.15, -0.1) is 0 Å². The molecule has 4 rings (SSSR count). The summed E-state index contributed by atoms with van der Waals surface area (Å²) in [5.74, 6) is 0.224. The van der Waals surface area contributed by atoms with E-state index in [0.29, 0.717) is 30.8 Å². The number of nitrogen functional groups attached to an aromatic ring is 1. The van der Waals surface area contributed by atoms with Crippen molar-refractivity contribution >= 4 is 28.7 Å². The number of carbonyl (C=O) groups excluding carboxylic acids is 1. The molecule has 1 saturated heterocycles. The van der Waals surface area contributed by atoms with Gasteiger partial charge in [0.1, 0.15) is 30.2 Å². The maximum atomic E-state index is 12.3. The number of ether oxygens (including phenoxy) is 1. The van der Waals surface area contributed by atoms with Gasteiger partial charge in [-0.2, -0.15) is 0 Å². The van der Waals surface area contributed by atoms with Crippen LogP contribution in [0.1, 0.15) is 32.6 Å². The summed E-state index contributed by atoms with van der Waals surface area (Å²) in [6, 6.07) is 7.49. The summed E-state index contributed by atoms with van der Waals surface area (Å²) in [6.07, 6.45) is -1.04. The van der Waals surface area contributed by atoms with E-state index in [1.165, 1.54) is 18.2 Å². The van der Waals surface area contributed by atoms with E-state index in [-0.39, 0.29) is 17.3 Å². The Morgan fingerprint density at radius 2 is 1.89 bits per heavy atom. The van der Waals surface area contributed by atoms with Gasteiger partial charge in [0.2, 0.25) is 0 Å². The van der Waals surface area contributed by atoms with Crippen molar-refractivity contribution in [1.29, 1.82) is 0 Å². The Labute approximate surface area is 209 Å². The number of carbonyl (C=O) groups is 1. The van der Waals surface area contributed by atoms with E-state index in [9.17, 15) is 15.0 Å². The SMILES string of the molecule is CN(CCNC(=O)Nc1ccc(C(C)(C)C)cc1)CC1OC(n2cnc3c(N)ncnc32)[C@H](O)[C@@H]1O. The monoisotopic (exact) mass is 498 g/mol. The van der Waals surface area contributed by atoms with Crippen molar-refractivity contribution in [2.45, 2.75) is 50.7 Å².